The summed E-state index contributed by atoms with van der Waals surface area (Å²) in [5, 5.41) is 0.528. The molecule has 1 saturated carbocycles. The fourth-order valence-electron chi connectivity index (χ4n) is 3.54. The van der Waals surface area contributed by atoms with E-state index in [4.69, 9.17) is 4.74 Å². The van der Waals surface area contributed by atoms with Crippen LogP contribution in [0.15, 0.2) is 0 Å². The maximum atomic E-state index is 12.7. The van der Waals surface area contributed by atoms with Gasteiger partial charge in [0.25, 0.3) is 0 Å². The van der Waals surface area contributed by atoms with Crippen molar-refractivity contribution in [3.05, 3.63) is 0 Å². The van der Waals surface area contributed by atoms with E-state index < -0.39 is 0 Å². The minimum atomic E-state index is 0.324. The van der Waals surface area contributed by atoms with E-state index in [1.54, 1.807) is 0 Å². The third-order valence-electron chi connectivity index (χ3n) is 4.57. The average molecular weight is 269 g/mol. The van der Waals surface area contributed by atoms with E-state index in [9.17, 15) is 4.79 Å². The van der Waals surface area contributed by atoms with Crippen LogP contribution in [0.5, 0.6) is 0 Å². The molecule has 3 nitrogen and oxygen atoms in total. The Hall–Kier alpha value is -0.220. The maximum Gasteiger partial charge on any atom is 0.225 e. The number of carbonyl (C=O) groups excluding carboxylic acids is 1. The van der Waals surface area contributed by atoms with Crippen LogP contribution in [0, 0.1) is 5.92 Å². The van der Waals surface area contributed by atoms with Gasteiger partial charge in [-0.1, -0.05) is 19.3 Å². The molecule has 1 amide bonds. The summed E-state index contributed by atoms with van der Waals surface area (Å²) in [4.78, 5) is 14.9. The standard InChI is InChI=1S/C14H23NO2S/c16-14(11-4-2-1-3-5-11)15-7-9-18-13-10-17-8-6-12(13)15/h11-13H,1-10H2. The molecule has 0 aromatic carbocycles. The summed E-state index contributed by atoms with van der Waals surface area (Å²) < 4.78 is 5.55. The number of ether oxygens (including phenoxy) is 1. The molecule has 1 aliphatic carbocycles. The van der Waals surface area contributed by atoms with Crippen molar-refractivity contribution < 1.29 is 9.53 Å². The SMILES string of the molecule is O=C(C1CCCCC1)N1CCSC2COCCC21. The van der Waals surface area contributed by atoms with Gasteiger partial charge in [-0.25, -0.2) is 0 Å². The topological polar surface area (TPSA) is 29.5 Å². The fraction of sp³-hybridized carbons (Fsp3) is 0.929. The Morgan fingerprint density at radius 1 is 1.17 bits per heavy atom. The van der Waals surface area contributed by atoms with Gasteiger partial charge >= 0.3 is 0 Å². The van der Waals surface area contributed by atoms with Gasteiger partial charge in [0, 0.05) is 36.1 Å². The molecule has 0 aromatic rings. The Kier molecular flexibility index (Phi) is 4.14. The van der Waals surface area contributed by atoms with Gasteiger partial charge in [-0.05, 0) is 19.3 Å². The first-order chi connectivity index (χ1) is 8.86. The van der Waals surface area contributed by atoms with Gasteiger partial charge in [0.05, 0.1) is 6.61 Å². The second-order valence-corrected chi connectivity index (χ2v) is 7.05. The molecule has 2 unspecified atom stereocenters. The molecule has 2 aliphatic heterocycles. The average Bonchev–Trinajstić information content (AvgIpc) is 2.47. The Bertz CT molecular complexity index is 302. The lowest BCUT2D eigenvalue weighted by Gasteiger charge is -2.44. The van der Waals surface area contributed by atoms with Gasteiger partial charge in [0.15, 0.2) is 0 Å². The number of fused-ring (bicyclic) bond motifs is 1. The smallest absolute Gasteiger partial charge is 0.225 e. The van der Waals surface area contributed by atoms with Crippen LogP contribution in [0.2, 0.25) is 0 Å². The van der Waals surface area contributed by atoms with Crippen molar-refractivity contribution in [2.75, 3.05) is 25.5 Å². The van der Waals surface area contributed by atoms with Crippen LogP contribution in [0.1, 0.15) is 38.5 Å². The minimum Gasteiger partial charge on any atom is -0.380 e. The molecule has 0 radical (unpaired) electrons. The van der Waals surface area contributed by atoms with Crippen molar-refractivity contribution >= 4 is 17.7 Å². The highest BCUT2D eigenvalue weighted by atomic mass is 32.2. The van der Waals surface area contributed by atoms with Crippen molar-refractivity contribution in [1.29, 1.82) is 0 Å². The van der Waals surface area contributed by atoms with E-state index in [0.717, 1.165) is 44.8 Å². The van der Waals surface area contributed by atoms with Gasteiger partial charge < -0.3 is 9.64 Å². The molecule has 2 saturated heterocycles. The summed E-state index contributed by atoms with van der Waals surface area (Å²) in [6, 6.07) is 0.451. The zero-order valence-corrected chi connectivity index (χ0v) is 11.8. The molecule has 2 atom stereocenters. The number of rotatable bonds is 1. The lowest BCUT2D eigenvalue weighted by Crippen LogP contribution is -2.55. The number of hydrogen-bond acceptors (Lipinski definition) is 3. The van der Waals surface area contributed by atoms with E-state index in [1.165, 1.54) is 19.3 Å². The van der Waals surface area contributed by atoms with Gasteiger partial charge in [-0.2, -0.15) is 11.8 Å². The zero-order valence-electron chi connectivity index (χ0n) is 11.0. The van der Waals surface area contributed by atoms with Crippen molar-refractivity contribution in [3.63, 3.8) is 0 Å². The first kappa shape index (κ1) is 12.8. The molecular weight excluding hydrogens is 246 g/mol. The zero-order chi connectivity index (χ0) is 12.4. The van der Waals surface area contributed by atoms with Crippen LogP contribution >= 0.6 is 11.8 Å². The van der Waals surface area contributed by atoms with E-state index in [0.29, 0.717) is 23.1 Å². The molecule has 4 heteroatoms. The van der Waals surface area contributed by atoms with E-state index >= 15 is 0 Å². The predicted octanol–water partition coefficient (Wildman–Crippen LogP) is 2.30. The second-order valence-electron chi connectivity index (χ2n) is 5.71. The van der Waals surface area contributed by atoms with E-state index in [-0.39, 0.29) is 0 Å². The number of thioether (sulfide) groups is 1. The van der Waals surface area contributed by atoms with Crippen LogP contribution < -0.4 is 0 Å². The van der Waals surface area contributed by atoms with Crippen molar-refractivity contribution in [1.82, 2.24) is 4.90 Å². The molecule has 0 aromatic heterocycles. The number of nitrogens with zero attached hydrogens (tertiary/aromatic N) is 1. The van der Waals surface area contributed by atoms with Crippen LogP contribution in [0.25, 0.3) is 0 Å². The maximum absolute atomic E-state index is 12.7. The molecule has 3 fully saturated rings. The van der Waals surface area contributed by atoms with Crippen molar-refractivity contribution in [2.24, 2.45) is 5.92 Å². The van der Waals surface area contributed by atoms with Crippen molar-refractivity contribution in [3.8, 4) is 0 Å². The lowest BCUT2D eigenvalue weighted by molar-refractivity contribution is -0.140. The van der Waals surface area contributed by atoms with Gasteiger partial charge in [0.2, 0.25) is 5.91 Å². The third kappa shape index (κ3) is 2.55. The summed E-state index contributed by atoms with van der Waals surface area (Å²) in [6.45, 7) is 2.63. The highest BCUT2D eigenvalue weighted by Crippen LogP contribution is 2.33. The van der Waals surface area contributed by atoms with E-state index in [2.05, 4.69) is 4.90 Å². The molecular formula is C14H23NO2S. The van der Waals surface area contributed by atoms with E-state index in [1.807, 2.05) is 11.8 Å². The van der Waals surface area contributed by atoms with Gasteiger partial charge in [-0.3, -0.25) is 4.79 Å². The van der Waals surface area contributed by atoms with Crippen LogP contribution in [0.4, 0.5) is 0 Å². The third-order valence-corrected chi connectivity index (χ3v) is 5.87. The van der Waals surface area contributed by atoms with Crippen LogP contribution in [0.3, 0.4) is 0 Å². The second kappa shape index (κ2) is 5.83. The summed E-state index contributed by atoms with van der Waals surface area (Å²) in [6.07, 6.45) is 7.09. The monoisotopic (exact) mass is 269 g/mol. The summed E-state index contributed by atoms with van der Waals surface area (Å²) in [5.41, 5.74) is 0. The molecule has 18 heavy (non-hydrogen) atoms. The lowest BCUT2D eigenvalue weighted by atomic mass is 9.87. The summed E-state index contributed by atoms with van der Waals surface area (Å²) >= 11 is 2.00. The Morgan fingerprint density at radius 2 is 2.00 bits per heavy atom. The summed E-state index contributed by atoms with van der Waals surface area (Å²) in [7, 11) is 0. The Morgan fingerprint density at radius 3 is 2.83 bits per heavy atom. The predicted molar refractivity (Wildman–Crippen MR) is 73.8 cm³/mol. The van der Waals surface area contributed by atoms with Gasteiger partial charge in [-0.15, -0.1) is 0 Å². The number of carbonyl (C=O) groups is 1. The largest absolute Gasteiger partial charge is 0.380 e. The number of amides is 1. The fourth-order valence-corrected chi connectivity index (χ4v) is 4.84. The Balaban J connectivity index is 1.67. The first-order valence-electron chi connectivity index (χ1n) is 7.36. The number of hydrogen-bond donors (Lipinski definition) is 0. The molecule has 0 spiro atoms. The highest BCUT2D eigenvalue weighted by molar-refractivity contribution is 8.00. The minimum absolute atomic E-state index is 0.324. The van der Waals surface area contributed by atoms with Crippen LogP contribution in [-0.4, -0.2) is 47.6 Å². The molecule has 2 heterocycles. The normalized spacial score (nSPS) is 34.1. The summed E-state index contributed by atoms with van der Waals surface area (Å²) in [5.74, 6) is 1.86. The molecule has 3 rings (SSSR count). The first-order valence-corrected chi connectivity index (χ1v) is 8.41. The molecule has 3 aliphatic rings. The van der Waals surface area contributed by atoms with Crippen LogP contribution in [-0.2, 0) is 9.53 Å². The van der Waals surface area contributed by atoms with Gasteiger partial charge in [0.1, 0.15) is 0 Å². The molecule has 102 valence electrons. The Labute approximate surface area is 114 Å². The van der Waals surface area contributed by atoms with Crippen molar-refractivity contribution in [2.45, 2.75) is 49.8 Å². The molecule has 0 bridgehead atoms. The quantitative estimate of drug-likeness (QED) is 0.731. The highest BCUT2D eigenvalue weighted by Gasteiger charge is 2.39. The molecule has 0 N–H and O–H groups in total.